The second-order valence-electron chi connectivity index (χ2n) is 10.6. The van der Waals surface area contributed by atoms with Gasteiger partial charge < -0.3 is 20.4 Å². The zero-order chi connectivity index (χ0) is 29.2. The lowest BCUT2D eigenvalue weighted by atomic mass is 10.00. The van der Waals surface area contributed by atoms with Gasteiger partial charge in [0.15, 0.2) is 0 Å². The van der Waals surface area contributed by atoms with Gasteiger partial charge in [0.1, 0.15) is 18.7 Å². The Labute approximate surface area is 240 Å². The van der Waals surface area contributed by atoms with Gasteiger partial charge >= 0.3 is 5.97 Å². The highest BCUT2D eigenvalue weighted by Gasteiger charge is 2.30. The van der Waals surface area contributed by atoms with Crippen molar-refractivity contribution in [1.82, 2.24) is 15.6 Å². The van der Waals surface area contributed by atoms with Crippen LogP contribution in [-0.4, -0.2) is 40.9 Å². The molecule has 0 saturated carbocycles. The summed E-state index contributed by atoms with van der Waals surface area (Å²) < 4.78 is 5.51. The summed E-state index contributed by atoms with van der Waals surface area (Å²) in [6, 6.07) is 24.1. The van der Waals surface area contributed by atoms with Crippen LogP contribution in [0.25, 0.3) is 10.9 Å². The molecule has 3 aromatic carbocycles. The molecule has 8 heteroatoms. The van der Waals surface area contributed by atoms with E-state index in [9.17, 15) is 14.4 Å². The lowest BCUT2D eigenvalue weighted by Gasteiger charge is -2.26. The Balaban J connectivity index is 1.50. The first kappa shape index (κ1) is 29.6. The third kappa shape index (κ3) is 8.53. The molecule has 0 spiro atoms. The summed E-state index contributed by atoms with van der Waals surface area (Å²) in [4.78, 5) is 43.1. The van der Waals surface area contributed by atoms with Crippen molar-refractivity contribution in [3.05, 3.63) is 102 Å². The molecule has 1 heterocycles. The first-order valence-corrected chi connectivity index (χ1v) is 14.0. The van der Waals surface area contributed by atoms with Crippen LogP contribution >= 0.6 is 0 Å². The van der Waals surface area contributed by atoms with Crippen LogP contribution in [0.15, 0.2) is 91.1 Å². The summed E-state index contributed by atoms with van der Waals surface area (Å²) in [6.07, 6.45) is 2.64. The molecule has 4 N–H and O–H groups in total. The highest BCUT2D eigenvalue weighted by molar-refractivity contribution is 5.98. The van der Waals surface area contributed by atoms with E-state index < -0.39 is 24.1 Å². The fourth-order valence-electron chi connectivity index (χ4n) is 4.70. The van der Waals surface area contributed by atoms with Crippen molar-refractivity contribution in [3.8, 4) is 0 Å². The van der Waals surface area contributed by atoms with Gasteiger partial charge in [-0.25, -0.2) is 0 Å². The van der Waals surface area contributed by atoms with Gasteiger partial charge in [0.25, 0.3) is 0 Å². The number of carbonyl (C=O) groups excluding carboxylic acids is 3. The lowest BCUT2D eigenvalue weighted by molar-refractivity contribution is -0.147. The van der Waals surface area contributed by atoms with E-state index >= 15 is 0 Å². The molecule has 3 atom stereocenters. The summed E-state index contributed by atoms with van der Waals surface area (Å²) in [7, 11) is 0. The topological polar surface area (TPSA) is 112 Å². The molecule has 8 nitrogen and oxygen atoms in total. The molecule has 0 aliphatic heterocycles. The maximum atomic E-state index is 13.8. The number of ether oxygens (including phenoxy) is 1. The van der Waals surface area contributed by atoms with Crippen LogP contribution in [0.5, 0.6) is 0 Å². The number of fused-ring (bicyclic) bond motifs is 1. The number of aromatic amines is 1. The molecule has 0 saturated heterocycles. The summed E-state index contributed by atoms with van der Waals surface area (Å²) in [6.45, 7) is 5.82. The highest BCUT2D eigenvalue weighted by Crippen LogP contribution is 2.20. The molecule has 0 aliphatic carbocycles. The van der Waals surface area contributed by atoms with Crippen molar-refractivity contribution in [1.29, 1.82) is 0 Å². The van der Waals surface area contributed by atoms with Crippen LogP contribution in [0.1, 0.15) is 38.3 Å². The normalized spacial score (nSPS) is 13.4. The van der Waals surface area contributed by atoms with Gasteiger partial charge in [0, 0.05) is 22.8 Å². The van der Waals surface area contributed by atoms with Crippen LogP contribution in [0.2, 0.25) is 0 Å². The van der Waals surface area contributed by atoms with E-state index in [1.54, 1.807) is 19.1 Å². The molecule has 41 heavy (non-hydrogen) atoms. The van der Waals surface area contributed by atoms with Crippen LogP contribution in [0.3, 0.4) is 0 Å². The molecule has 0 unspecified atom stereocenters. The van der Waals surface area contributed by atoms with Crippen molar-refractivity contribution in [2.75, 3.05) is 5.32 Å². The summed E-state index contributed by atoms with van der Waals surface area (Å²) in [5.41, 5.74) is 3.41. The minimum absolute atomic E-state index is 0.140. The largest absolute Gasteiger partial charge is 0.460 e. The van der Waals surface area contributed by atoms with Gasteiger partial charge in [0.2, 0.25) is 11.8 Å². The number of amides is 2. The van der Waals surface area contributed by atoms with Gasteiger partial charge in [-0.15, -0.1) is 0 Å². The van der Waals surface area contributed by atoms with Crippen molar-refractivity contribution >= 4 is 34.4 Å². The SMILES string of the molecule is CC(C)C[C@H](NC(=O)[C@H](Cc1c[nH]c2ccccc12)N[C@H](C)C(=O)OCc1ccccc1)C(=O)Nc1ccccc1. The molecule has 1 aromatic heterocycles. The predicted octanol–water partition coefficient (Wildman–Crippen LogP) is 4.97. The Morgan fingerprint density at radius 1 is 0.805 bits per heavy atom. The fraction of sp³-hybridized carbons (Fsp3) is 0.303. The molecule has 0 bridgehead atoms. The van der Waals surface area contributed by atoms with E-state index in [2.05, 4.69) is 20.9 Å². The number of para-hydroxylation sites is 2. The minimum Gasteiger partial charge on any atom is -0.460 e. The third-order valence-electron chi connectivity index (χ3n) is 6.83. The van der Waals surface area contributed by atoms with Crippen LogP contribution < -0.4 is 16.0 Å². The van der Waals surface area contributed by atoms with E-state index in [4.69, 9.17) is 4.74 Å². The Bertz CT molecular complexity index is 1440. The third-order valence-corrected chi connectivity index (χ3v) is 6.83. The average Bonchev–Trinajstić information content (AvgIpc) is 3.38. The van der Waals surface area contributed by atoms with Crippen LogP contribution in [0, 0.1) is 5.92 Å². The molecule has 0 aliphatic rings. The van der Waals surface area contributed by atoms with E-state index in [1.807, 2.05) is 92.8 Å². The van der Waals surface area contributed by atoms with Gasteiger partial charge in [-0.2, -0.15) is 0 Å². The van der Waals surface area contributed by atoms with Crippen LogP contribution in [-0.2, 0) is 32.1 Å². The maximum Gasteiger partial charge on any atom is 0.323 e. The van der Waals surface area contributed by atoms with E-state index in [1.165, 1.54) is 0 Å². The van der Waals surface area contributed by atoms with Crippen molar-refractivity contribution < 1.29 is 19.1 Å². The molecular weight excluding hydrogens is 516 g/mol. The number of nitrogens with one attached hydrogen (secondary N) is 4. The van der Waals surface area contributed by atoms with Gasteiger partial charge in [0.05, 0.1) is 6.04 Å². The summed E-state index contributed by atoms with van der Waals surface area (Å²) in [5.74, 6) is -0.967. The van der Waals surface area contributed by atoms with Gasteiger partial charge in [-0.05, 0) is 55.0 Å². The maximum absolute atomic E-state index is 13.8. The number of hydrogen-bond acceptors (Lipinski definition) is 5. The summed E-state index contributed by atoms with van der Waals surface area (Å²) in [5, 5.41) is 10.0. The molecule has 4 rings (SSSR count). The van der Waals surface area contributed by atoms with Gasteiger partial charge in [-0.1, -0.05) is 80.6 Å². The molecule has 0 radical (unpaired) electrons. The number of aromatic nitrogens is 1. The second-order valence-corrected chi connectivity index (χ2v) is 10.6. The number of rotatable bonds is 13. The molecule has 2 amide bonds. The van der Waals surface area contributed by atoms with E-state index in [0.29, 0.717) is 18.5 Å². The number of benzene rings is 3. The Hall–Kier alpha value is -4.43. The first-order chi connectivity index (χ1) is 19.8. The summed E-state index contributed by atoms with van der Waals surface area (Å²) >= 11 is 0. The van der Waals surface area contributed by atoms with Gasteiger partial charge in [-0.3, -0.25) is 19.7 Å². The second kappa shape index (κ2) is 14.3. The molecule has 214 valence electrons. The number of carbonyl (C=O) groups is 3. The van der Waals surface area contributed by atoms with E-state index in [0.717, 1.165) is 22.0 Å². The molecule has 0 fully saturated rings. The predicted molar refractivity (Wildman–Crippen MR) is 161 cm³/mol. The Morgan fingerprint density at radius 2 is 1.46 bits per heavy atom. The highest BCUT2D eigenvalue weighted by atomic mass is 16.5. The van der Waals surface area contributed by atoms with Crippen molar-refractivity contribution in [3.63, 3.8) is 0 Å². The standard InChI is InChI=1S/C33H38N4O4/c1-22(2)18-29(31(38)36-26-14-8-5-9-15-26)37-32(39)30(19-25-20-34-28-17-11-10-16-27(25)28)35-23(3)33(40)41-21-24-12-6-4-7-13-24/h4-17,20,22-23,29-30,34-35H,18-19,21H2,1-3H3,(H,36,38)(H,37,39)/t23-,29+,30+/m1/s1. The van der Waals surface area contributed by atoms with Crippen LogP contribution in [0.4, 0.5) is 5.69 Å². The van der Waals surface area contributed by atoms with Crippen molar-refractivity contribution in [2.45, 2.75) is 58.3 Å². The number of esters is 1. The Morgan fingerprint density at radius 3 is 2.17 bits per heavy atom. The first-order valence-electron chi connectivity index (χ1n) is 14.0. The fourth-order valence-corrected chi connectivity index (χ4v) is 4.70. The molecular formula is C33H38N4O4. The monoisotopic (exact) mass is 554 g/mol. The average molecular weight is 555 g/mol. The number of H-pyrrole nitrogens is 1. The zero-order valence-corrected chi connectivity index (χ0v) is 23.7. The zero-order valence-electron chi connectivity index (χ0n) is 23.7. The smallest absolute Gasteiger partial charge is 0.323 e. The van der Waals surface area contributed by atoms with Crippen molar-refractivity contribution in [2.24, 2.45) is 5.92 Å². The quantitative estimate of drug-likeness (QED) is 0.174. The molecule has 4 aromatic rings. The lowest BCUT2D eigenvalue weighted by Crippen LogP contribution is -2.55. The van der Waals surface area contributed by atoms with E-state index in [-0.39, 0.29) is 24.3 Å². The number of anilines is 1. The number of hydrogen-bond donors (Lipinski definition) is 4. The Kier molecular flexibility index (Phi) is 10.3. The minimum atomic E-state index is -0.798.